The largest absolute Gasteiger partial charge is 0.416 e. The summed E-state index contributed by atoms with van der Waals surface area (Å²) in [6.07, 6.45) is -3.21. The molecule has 1 fully saturated rings. The number of nitrogens with zero attached hydrogens (tertiary/aromatic N) is 3. The molecule has 1 saturated heterocycles. The van der Waals surface area contributed by atoms with E-state index in [-0.39, 0.29) is 30.0 Å². The number of piperidine rings is 1. The Balaban J connectivity index is 1.39. The standard InChI is InChI=1S/C28H27F4N3O/c1-19-7-6-11-24(29)26(19)33-15-13-22(14-16-33)34-18-21-9-3-5-12-25(21)35(27(34)36)17-20-8-2-4-10-23(20)28(30,31)32/h2-12,22H,13-18H2,1H3. The number of halogens is 4. The van der Waals surface area contributed by atoms with Crippen molar-refractivity contribution in [1.29, 1.82) is 0 Å². The molecule has 0 atom stereocenters. The van der Waals surface area contributed by atoms with Crippen molar-refractivity contribution in [2.75, 3.05) is 22.9 Å². The highest BCUT2D eigenvalue weighted by molar-refractivity contribution is 5.95. The summed E-state index contributed by atoms with van der Waals surface area (Å²) in [5.74, 6) is -0.258. The molecule has 0 radical (unpaired) electrons. The summed E-state index contributed by atoms with van der Waals surface area (Å²) < 4.78 is 55.4. The quantitative estimate of drug-likeness (QED) is 0.372. The second kappa shape index (κ2) is 9.48. The third-order valence-corrected chi connectivity index (χ3v) is 7.16. The van der Waals surface area contributed by atoms with E-state index in [1.165, 1.54) is 23.1 Å². The van der Waals surface area contributed by atoms with Gasteiger partial charge in [-0.2, -0.15) is 13.2 Å². The molecular weight excluding hydrogens is 470 g/mol. The van der Waals surface area contributed by atoms with Crippen LogP contribution in [-0.2, 0) is 19.3 Å². The molecule has 8 heteroatoms. The molecular formula is C28H27F4N3O. The summed E-state index contributed by atoms with van der Waals surface area (Å²) in [6, 6.07) is 17.4. The molecule has 4 nitrogen and oxygen atoms in total. The molecule has 2 aliphatic heterocycles. The Hall–Kier alpha value is -3.55. The molecule has 188 valence electrons. The number of carbonyl (C=O) groups is 1. The fraction of sp³-hybridized carbons (Fsp3) is 0.321. The molecule has 2 heterocycles. The van der Waals surface area contributed by atoms with Crippen molar-refractivity contribution in [3.63, 3.8) is 0 Å². The van der Waals surface area contributed by atoms with E-state index in [0.29, 0.717) is 43.9 Å². The molecule has 36 heavy (non-hydrogen) atoms. The maximum atomic E-state index is 14.5. The molecule has 2 aliphatic rings. The highest BCUT2D eigenvalue weighted by atomic mass is 19.4. The number of amides is 2. The number of rotatable bonds is 4. The number of fused-ring (bicyclic) bond motifs is 1. The highest BCUT2D eigenvalue weighted by Crippen LogP contribution is 2.37. The molecule has 0 spiro atoms. The maximum absolute atomic E-state index is 14.5. The number of benzene rings is 3. The lowest BCUT2D eigenvalue weighted by Gasteiger charge is -2.44. The SMILES string of the molecule is Cc1cccc(F)c1N1CCC(N2Cc3ccccc3N(Cc3ccccc3C(F)(F)F)C2=O)CC1. The molecule has 0 aromatic heterocycles. The van der Waals surface area contributed by atoms with E-state index in [4.69, 9.17) is 0 Å². The molecule has 0 aliphatic carbocycles. The van der Waals surface area contributed by atoms with Crippen LogP contribution in [0.2, 0.25) is 0 Å². The molecule has 0 N–H and O–H groups in total. The molecule has 0 saturated carbocycles. The number of alkyl halides is 3. The lowest BCUT2D eigenvalue weighted by Crippen LogP contribution is -2.54. The van der Waals surface area contributed by atoms with Gasteiger partial charge in [-0.15, -0.1) is 0 Å². The Morgan fingerprint density at radius 3 is 2.33 bits per heavy atom. The summed E-state index contributed by atoms with van der Waals surface area (Å²) in [5.41, 5.74) is 2.31. The first kappa shape index (κ1) is 24.2. The van der Waals surface area contributed by atoms with Gasteiger partial charge in [0.15, 0.2) is 0 Å². The Kier molecular flexibility index (Phi) is 6.36. The van der Waals surface area contributed by atoms with Crippen molar-refractivity contribution in [1.82, 2.24) is 4.90 Å². The van der Waals surface area contributed by atoms with Crippen LogP contribution in [0.4, 0.5) is 33.7 Å². The van der Waals surface area contributed by atoms with Crippen molar-refractivity contribution in [3.05, 3.63) is 94.8 Å². The number of hydrogen-bond acceptors (Lipinski definition) is 2. The Morgan fingerprint density at radius 2 is 1.61 bits per heavy atom. The van der Waals surface area contributed by atoms with E-state index in [0.717, 1.165) is 17.2 Å². The van der Waals surface area contributed by atoms with Crippen molar-refractivity contribution >= 4 is 17.4 Å². The monoisotopic (exact) mass is 497 g/mol. The molecule has 2 amide bonds. The normalized spacial score (nSPS) is 16.9. The molecule has 5 rings (SSSR count). The molecule has 3 aromatic rings. The first-order chi connectivity index (χ1) is 17.2. The predicted octanol–water partition coefficient (Wildman–Crippen LogP) is 6.76. The van der Waals surface area contributed by atoms with Gasteiger partial charge in [-0.05, 0) is 54.7 Å². The zero-order chi connectivity index (χ0) is 25.4. The van der Waals surface area contributed by atoms with E-state index < -0.39 is 11.7 Å². The zero-order valence-corrected chi connectivity index (χ0v) is 19.9. The highest BCUT2D eigenvalue weighted by Gasteiger charge is 2.38. The predicted molar refractivity (Wildman–Crippen MR) is 131 cm³/mol. The van der Waals surface area contributed by atoms with Gasteiger partial charge in [0, 0.05) is 25.7 Å². The molecule has 3 aromatic carbocycles. The lowest BCUT2D eigenvalue weighted by molar-refractivity contribution is -0.138. The van der Waals surface area contributed by atoms with Gasteiger partial charge in [-0.25, -0.2) is 9.18 Å². The summed E-state index contributed by atoms with van der Waals surface area (Å²) in [5, 5.41) is 0. The first-order valence-electron chi connectivity index (χ1n) is 12.0. The smallest absolute Gasteiger partial charge is 0.369 e. The van der Waals surface area contributed by atoms with Gasteiger partial charge in [0.2, 0.25) is 0 Å². The lowest BCUT2D eigenvalue weighted by atomic mass is 9.98. The second-order valence-corrected chi connectivity index (χ2v) is 9.40. The maximum Gasteiger partial charge on any atom is 0.416 e. The summed E-state index contributed by atoms with van der Waals surface area (Å²) in [6.45, 7) is 3.29. The van der Waals surface area contributed by atoms with Gasteiger partial charge in [0.05, 0.1) is 23.5 Å². The van der Waals surface area contributed by atoms with Crippen LogP contribution in [0.15, 0.2) is 66.7 Å². The third-order valence-electron chi connectivity index (χ3n) is 7.16. The Bertz CT molecular complexity index is 1250. The van der Waals surface area contributed by atoms with Gasteiger partial charge >= 0.3 is 12.2 Å². The molecule has 0 unspecified atom stereocenters. The minimum Gasteiger partial charge on any atom is -0.369 e. The Morgan fingerprint density at radius 1 is 0.917 bits per heavy atom. The number of aryl methyl sites for hydroxylation is 1. The van der Waals surface area contributed by atoms with Crippen molar-refractivity contribution in [3.8, 4) is 0 Å². The van der Waals surface area contributed by atoms with Crippen molar-refractivity contribution < 1.29 is 22.4 Å². The van der Waals surface area contributed by atoms with E-state index >= 15 is 0 Å². The second-order valence-electron chi connectivity index (χ2n) is 9.40. The number of para-hydroxylation sites is 2. The first-order valence-corrected chi connectivity index (χ1v) is 12.0. The summed E-state index contributed by atoms with van der Waals surface area (Å²) in [4.78, 5) is 18.9. The number of hydrogen-bond donors (Lipinski definition) is 0. The van der Waals surface area contributed by atoms with E-state index in [1.807, 2.05) is 30.0 Å². The van der Waals surface area contributed by atoms with Gasteiger partial charge < -0.3 is 9.80 Å². The zero-order valence-electron chi connectivity index (χ0n) is 19.9. The number of anilines is 2. The van der Waals surface area contributed by atoms with Gasteiger partial charge in [0.1, 0.15) is 5.82 Å². The number of urea groups is 1. The van der Waals surface area contributed by atoms with Crippen LogP contribution in [0.25, 0.3) is 0 Å². The van der Waals surface area contributed by atoms with E-state index in [2.05, 4.69) is 0 Å². The van der Waals surface area contributed by atoms with Crippen LogP contribution in [0.1, 0.15) is 35.1 Å². The van der Waals surface area contributed by atoms with Gasteiger partial charge in [-0.1, -0.05) is 48.5 Å². The topological polar surface area (TPSA) is 26.8 Å². The third kappa shape index (κ3) is 4.52. The summed E-state index contributed by atoms with van der Waals surface area (Å²) in [7, 11) is 0. The van der Waals surface area contributed by atoms with Crippen LogP contribution >= 0.6 is 0 Å². The van der Waals surface area contributed by atoms with Crippen molar-refractivity contribution in [2.24, 2.45) is 0 Å². The van der Waals surface area contributed by atoms with Gasteiger partial charge in [-0.3, -0.25) is 4.90 Å². The van der Waals surface area contributed by atoms with Crippen LogP contribution in [0.5, 0.6) is 0 Å². The van der Waals surface area contributed by atoms with E-state index in [1.54, 1.807) is 29.2 Å². The minimum atomic E-state index is -4.51. The Labute approximate surface area is 207 Å². The fourth-order valence-corrected chi connectivity index (χ4v) is 5.39. The van der Waals surface area contributed by atoms with Crippen LogP contribution < -0.4 is 9.80 Å². The average Bonchev–Trinajstić information content (AvgIpc) is 2.86. The van der Waals surface area contributed by atoms with Crippen LogP contribution in [0.3, 0.4) is 0 Å². The van der Waals surface area contributed by atoms with Gasteiger partial charge in [0.25, 0.3) is 0 Å². The fourth-order valence-electron chi connectivity index (χ4n) is 5.39. The van der Waals surface area contributed by atoms with Crippen LogP contribution in [0, 0.1) is 12.7 Å². The number of carbonyl (C=O) groups excluding carboxylic acids is 1. The summed E-state index contributed by atoms with van der Waals surface area (Å²) >= 11 is 0. The van der Waals surface area contributed by atoms with E-state index in [9.17, 15) is 22.4 Å². The molecule has 0 bridgehead atoms. The van der Waals surface area contributed by atoms with Crippen LogP contribution in [-0.4, -0.2) is 30.1 Å². The van der Waals surface area contributed by atoms with Crippen molar-refractivity contribution in [2.45, 2.75) is 45.1 Å². The minimum absolute atomic E-state index is 0.0554. The average molecular weight is 498 g/mol.